The van der Waals surface area contributed by atoms with Crippen molar-refractivity contribution < 1.29 is 4.79 Å². The maximum atomic E-state index is 10.2. The van der Waals surface area contributed by atoms with Gasteiger partial charge in [-0.2, -0.15) is 0 Å². The lowest BCUT2D eigenvalue weighted by Gasteiger charge is -2.06. The zero-order valence-corrected chi connectivity index (χ0v) is 7.36. The second-order valence-corrected chi connectivity index (χ2v) is 3.20. The van der Waals surface area contributed by atoms with Crippen LogP contribution < -0.4 is 0 Å². The van der Waals surface area contributed by atoms with Crippen LogP contribution in [0.3, 0.4) is 0 Å². The quantitative estimate of drug-likeness (QED) is 0.621. The van der Waals surface area contributed by atoms with Gasteiger partial charge < -0.3 is 4.79 Å². The van der Waals surface area contributed by atoms with Crippen molar-refractivity contribution in [2.75, 3.05) is 0 Å². The van der Waals surface area contributed by atoms with E-state index in [2.05, 4.69) is 19.1 Å². The van der Waals surface area contributed by atoms with E-state index in [0.29, 0.717) is 12.3 Å². The molecule has 0 fully saturated rings. The molecule has 0 spiro atoms. The summed E-state index contributed by atoms with van der Waals surface area (Å²) in [5, 5.41) is 0. The molecule has 0 N–H and O–H groups in total. The van der Waals surface area contributed by atoms with E-state index in [0.717, 1.165) is 12.7 Å². The third kappa shape index (κ3) is 2.87. The molecule has 64 valence electrons. The first-order valence-corrected chi connectivity index (χ1v) is 4.30. The van der Waals surface area contributed by atoms with Crippen LogP contribution in [0.5, 0.6) is 0 Å². The SMILES string of the molecule is C[C@@H](CC=O)Cc1ccccc1. The summed E-state index contributed by atoms with van der Waals surface area (Å²) in [6.45, 7) is 2.10. The zero-order valence-electron chi connectivity index (χ0n) is 7.36. The summed E-state index contributed by atoms with van der Waals surface area (Å²) < 4.78 is 0. The van der Waals surface area contributed by atoms with Crippen molar-refractivity contribution in [2.24, 2.45) is 5.92 Å². The number of hydrogen-bond acceptors (Lipinski definition) is 1. The molecule has 1 aromatic rings. The fourth-order valence-corrected chi connectivity index (χ4v) is 1.26. The predicted octanol–water partition coefficient (Wildman–Crippen LogP) is 2.45. The molecule has 12 heavy (non-hydrogen) atoms. The van der Waals surface area contributed by atoms with Gasteiger partial charge in [-0.05, 0) is 17.9 Å². The van der Waals surface area contributed by atoms with Gasteiger partial charge in [0.1, 0.15) is 6.29 Å². The van der Waals surface area contributed by atoms with Crippen LogP contribution in [0.1, 0.15) is 18.9 Å². The van der Waals surface area contributed by atoms with Crippen LogP contribution in [0.2, 0.25) is 0 Å². The Morgan fingerprint density at radius 1 is 1.33 bits per heavy atom. The smallest absolute Gasteiger partial charge is 0.120 e. The molecule has 0 aliphatic rings. The Balaban J connectivity index is 2.46. The van der Waals surface area contributed by atoms with Crippen molar-refractivity contribution in [3.8, 4) is 0 Å². The molecule has 0 bridgehead atoms. The van der Waals surface area contributed by atoms with Crippen LogP contribution in [0, 0.1) is 5.92 Å². The highest BCUT2D eigenvalue weighted by Gasteiger charge is 2.01. The van der Waals surface area contributed by atoms with E-state index in [1.165, 1.54) is 5.56 Å². The normalized spacial score (nSPS) is 12.4. The van der Waals surface area contributed by atoms with E-state index >= 15 is 0 Å². The van der Waals surface area contributed by atoms with Crippen molar-refractivity contribution in [2.45, 2.75) is 19.8 Å². The number of carbonyl (C=O) groups excluding carboxylic acids is 1. The first kappa shape index (κ1) is 8.98. The van der Waals surface area contributed by atoms with Crippen molar-refractivity contribution in [1.82, 2.24) is 0 Å². The van der Waals surface area contributed by atoms with Gasteiger partial charge in [-0.1, -0.05) is 37.3 Å². The lowest BCUT2D eigenvalue weighted by molar-refractivity contribution is -0.108. The summed E-state index contributed by atoms with van der Waals surface area (Å²) >= 11 is 0. The first-order chi connectivity index (χ1) is 5.83. The third-order valence-corrected chi connectivity index (χ3v) is 1.93. The molecule has 0 unspecified atom stereocenters. The van der Waals surface area contributed by atoms with Gasteiger partial charge in [0.15, 0.2) is 0 Å². The second kappa shape index (κ2) is 4.70. The molecule has 0 amide bonds. The zero-order chi connectivity index (χ0) is 8.81. The van der Waals surface area contributed by atoms with Crippen molar-refractivity contribution in [3.05, 3.63) is 35.9 Å². The molecule has 0 aromatic heterocycles. The average molecular weight is 162 g/mol. The summed E-state index contributed by atoms with van der Waals surface area (Å²) in [5.74, 6) is 0.463. The molecule has 1 rings (SSSR count). The third-order valence-electron chi connectivity index (χ3n) is 1.93. The van der Waals surface area contributed by atoms with Crippen LogP contribution in [0.15, 0.2) is 30.3 Å². The van der Waals surface area contributed by atoms with E-state index in [-0.39, 0.29) is 0 Å². The molecule has 0 aliphatic carbocycles. The Hall–Kier alpha value is -1.11. The Bertz CT molecular complexity index is 228. The van der Waals surface area contributed by atoms with Gasteiger partial charge in [0.2, 0.25) is 0 Å². The Morgan fingerprint density at radius 3 is 2.58 bits per heavy atom. The number of aldehydes is 1. The molecule has 0 saturated heterocycles. The van der Waals surface area contributed by atoms with Gasteiger partial charge in [-0.15, -0.1) is 0 Å². The molecule has 1 aromatic carbocycles. The molecule has 0 radical (unpaired) electrons. The Kier molecular flexibility index (Phi) is 3.52. The first-order valence-electron chi connectivity index (χ1n) is 4.30. The minimum Gasteiger partial charge on any atom is -0.303 e. The predicted molar refractivity (Wildman–Crippen MR) is 50.0 cm³/mol. The maximum absolute atomic E-state index is 10.2. The van der Waals surface area contributed by atoms with Crippen LogP contribution in [0.4, 0.5) is 0 Å². The van der Waals surface area contributed by atoms with Crippen molar-refractivity contribution in [1.29, 1.82) is 0 Å². The van der Waals surface area contributed by atoms with Crippen molar-refractivity contribution in [3.63, 3.8) is 0 Å². The summed E-state index contributed by atoms with van der Waals surface area (Å²) in [6, 6.07) is 10.3. The minimum absolute atomic E-state index is 0.463. The minimum atomic E-state index is 0.463. The van der Waals surface area contributed by atoms with E-state index in [1.807, 2.05) is 18.2 Å². The number of hydrogen-bond donors (Lipinski definition) is 0. The van der Waals surface area contributed by atoms with Gasteiger partial charge >= 0.3 is 0 Å². The van der Waals surface area contributed by atoms with Crippen LogP contribution in [-0.4, -0.2) is 6.29 Å². The molecular weight excluding hydrogens is 148 g/mol. The molecule has 0 heterocycles. The highest BCUT2D eigenvalue weighted by molar-refractivity contribution is 5.49. The fourth-order valence-electron chi connectivity index (χ4n) is 1.26. The van der Waals surface area contributed by atoms with Crippen molar-refractivity contribution >= 4 is 6.29 Å². The molecule has 1 nitrogen and oxygen atoms in total. The molecule has 1 heteroatoms. The van der Waals surface area contributed by atoms with Crippen LogP contribution >= 0.6 is 0 Å². The average Bonchev–Trinajstić information content (AvgIpc) is 2.06. The second-order valence-electron chi connectivity index (χ2n) is 3.20. The van der Waals surface area contributed by atoms with E-state index in [4.69, 9.17) is 0 Å². The van der Waals surface area contributed by atoms with Gasteiger partial charge in [-0.25, -0.2) is 0 Å². The summed E-state index contributed by atoms with van der Waals surface area (Å²) in [5.41, 5.74) is 1.31. The lowest BCUT2D eigenvalue weighted by atomic mass is 9.99. The molecule has 0 aliphatic heterocycles. The van der Waals surface area contributed by atoms with E-state index < -0.39 is 0 Å². The Labute approximate surface area is 73.4 Å². The van der Waals surface area contributed by atoms with Gasteiger partial charge in [0.05, 0.1) is 0 Å². The topological polar surface area (TPSA) is 17.1 Å². The number of benzene rings is 1. The molecule has 0 saturated carbocycles. The lowest BCUT2D eigenvalue weighted by Crippen LogP contribution is -1.99. The highest BCUT2D eigenvalue weighted by atomic mass is 16.1. The standard InChI is InChI=1S/C11H14O/c1-10(7-8-12)9-11-5-3-2-4-6-11/h2-6,8,10H,7,9H2,1H3/t10-/m0/s1. The van der Waals surface area contributed by atoms with Gasteiger partial charge in [-0.3, -0.25) is 0 Å². The number of carbonyl (C=O) groups is 1. The summed E-state index contributed by atoms with van der Waals surface area (Å²) in [7, 11) is 0. The molecular formula is C11H14O. The largest absolute Gasteiger partial charge is 0.303 e. The summed E-state index contributed by atoms with van der Waals surface area (Å²) in [4.78, 5) is 10.2. The monoisotopic (exact) mass is 162 g/mol. The maximum Gasteiger partial charge on any atom is 0.120 e. The molecule has 1 atom stereocenters. The fraction of sp³-hybridized carbons (Fsp3) is 0.364. The van der Waals surface area contributed by atoms with E-state index in [1.54, 1.807) is 0 Å². The van der Waals surface area contributed by atoms with Crippen LogP contribution in [-0.2, 0) is 11.2 Å². The highest BCUT2D eigenvalue weighted by Crippen LogP contribution is 2.09. The van der Waals surface area contributed by atoms with Gasteiger partial charge in [0, 0.05) is 6.42 Å². The van der Waals surface area contributed by atoms with Crippen LogP contribution in [0.25, 0.3) is 0 Å². The van der Waals surface area contributed by atoms with E-state index in [9.17, 15) is 4.79 Å². The van der Waals surface area contributed by atoms with Gasteiger partial charge in [0.25, 0.3) is 0 Å². The summed E-state index contributed by atoms with van der Waals surface area (Å²) in [6.07, 6.45) is 2.65. The number of rotatable bonds is 4. The Morgan fingerprint density at radius 2 is 2.00 bits per heavy atom.